The summed E-state index contributed by atoms with van der Waals surface area (Å²) in [7, 11) is 0. The molecule has 166 valence electrons. The minimum absolute atomic E-state index is 0.0241. The highest BCUT2D eigenvalue weighted by Gasteiger charge is 2.29. The molecule has 4 aromatic rings. The summed E-state index contributed by atoms with van der Waals surface area (Å²) < 4.78 is 30.1. The molecule has 0 aliphatic carbocycles. The number of benzene rings is 2. The smallest absolute Gasteiger partial charge is 0.271 e. The number of para-hydroxylation sites is 1. The minimum atomic E-state index is -3.20. The predicted molar refractivity (Wildman–Crippen MR) is 122 cm³/mol. The summed E-state index contributed by atoms with van der Waals surface area (Å²) in [6.45, 7) is 2.55. The largest absolute Gasteiger partial charge is 0.382 e. The third-order valence-electron chi connectivity index (χ3n) is 5.35. The average Bonchev–Trinajstić information content (AvgIpc) is 2.78. The van der Waals surface area contributed by atoms with E-state index in [1.807, 2.05) is 6.07 Å². The SMILES string of the molecule is C[C@H](Nc1ncnc(N)c1C#N)c1cc2cccc(C(C)(F)F)c2c(=O)n1-c1ccccc1. The number of nitrogens with zero attached hydrogens (tertiary/aromatic N) is 4. The molecule has 0 radical (unpaired) electrons. The van der Waals surface area contributed by atoms with Crippen molar-refractivity contribution in [3.63, 3.8) is 0 Å². The topological polar surface area (TPSA) is 110 Å². The second kappa shape index (κ2) is 8.31. The number of fused-ring (bicyclic) bond motifs is 1. The third-order valence-corrected chi connectivity index (χ3v) is 5.35. The van der Waals surface area contributed by atoms with Gasteiger partial charge in [-0.1, -0.05) is 36.4 Å². The van der Waals surface area contributed by atoms with E-state index in [1.54, 1.807) is 49.4 Å². The Morgan fingerprint density at radius 2 is 1.88 bits per heavy atom. The number of pyridine rings is 1. The number of nitrogen functional groups attached to an aromatic ring is 1. The molecule has 0 amide bonds. The fourth-order valence-electron chi connectivity index (χ4n) is 3.81. The summed E-state index contributed by atoms with van der Waals surface area (Å²) in [5.74, 6) is -2.96. The van der Waals surface area contributed by atoms with Crippen LogP contribution in [-0.4, -0.2) is 14.5 Å². The van der Waals surface area contributed by atoms with Gasteiger partial charge in [0, 0.05) is 23.9 Å². The highest BCUT2D eigenvalue weighted by Crippen LogP contribution is 2.33. The Kier molecular flexibility index (Phi) is 5.52. The fourth-order valence-corrected chi connectivity index (χ4v) is 3.81. The van der Waals surface area contributed by atoms with Gasteiger partial charge in [0.05, 0.1) is 11.4 Å². The highest BCUT2D eigenvalue weighted by atomic mass is 19.3. The van der Waals surface area contributed by atoms with Crippen LogP contribution in [0.3, 0.4) is 0 Å². The zero-order valence-corrected chi connectivity index (χ0v) is 17.9. The summed E-state index contributed by atoms with van der Waals surface area (Å²) in [4.78, 5) is 21.6. The molecule has 0 saturated heterocycles. The van der Waals surface area contributed by atoms with Crippen molar-refractivity contribution in [2.24, 2.45) is 0 Å². The van der Waals surface area contributed by atoms with Crippen molar-refractivity contribution in [2.45, 2.75) is 25.8 Å². The van der Waals surface area contributed by atoms with Crippen LogP contribution in [0, 0.1) is 11.3 Å². The molecule has 2 aromatic heterocycles. The van der Waals surface area contributed by atoms with Crippen LogP contribution in [0.4, 0.5) is 20.4 Å². The van der Waals surface area contributed by atoms with Crippen LogP contribution in [0.25, 0.3) is 16.5 Å². The number of aromatic nitrogens is 3. The Morgan fingerprint density at radius 1 is 1.15 bits per heavy atom. The number of hydrogen-bond acceptors (Lipinski definition) is 6. The molecule has 0 aliphatic rings. The van der Waals surface area contributed by atoms with E-state index in [4.69, 9.17) is 5.73 Å². The number of halogens is 2. The Labute approximate surface area is 188 Å². The van der Waals surface area contributed by atoms with Crippen LogP contribution in [0.1, 0.15) is 36.7 Å². The van der Waals surface area contributed by atoms with Crippen LogP contribution in [0.2, 0.25) is 0 Å². The van der Waals surface area contributed by atoms with Crippen LogP contribution >= 0.6 is 0 Å². The molecule has 3 N–H and O–H groups in total. The molecule has 0 saturated carbocycles. The van der Waals surface area contributed by atoms with Crippen molar-refractivity contribution in [1.82, 2.24) is 14.5 Å². The Morgan fingerprint density at radius 3 is 2.55 bits per heavy atom. The van der Waals surface area contributed by atoms with Gasteiger partial charge in [-0.3, -0.25) is 9.36 Å². The van der Waals surface area contributed by atoms with Crippen LogP contribution < -0.4 is 16.6 Å². The lowest BCUT2D eigenvalue weighted by molar-refractivity contribution is 0.0190. The van der Waals surface area contributed by atoms with E-state index in [-0.39, 0.29) is 28.1 Å². The number of anilines is 2. The molecule has 1 atom stereocenters. The van der Waals surface area contributed by atoms with Crippen molar-refractivity contribution in [3.05, 3.63) is 88.1 Å². The van der Waals surface area contributed by atoms with Crippen molar-refractivity contribution in [2.75, 3.05) is 11.1 Å². The Bertz CT molecular complexity index is 1440. The lowest BCUT2D eigenvalue weighted by Gasteiger charge is -2.23. The predicted octanol–water partition coefficient (Wildman–Crippen LogP) is 4.52. The molecule has 0 unspecified atom stereocenters. The number of nitrogens with two attached hydrogens (primary N) is 1. The molecule has 4 rings (SSSR count). The average molecular weight is 446 g/mol. The molecule has 0 fully saturated rings. The van der Waals surface area contributed by atoms with Gasteiger partial charge in [-0.15, -0.1) is 0 Å². The fraction of sp³-hybridized carbons (Fsp3) is 0.167. The minimum Gasteiger partial charge on any atom is -0.382 e. The van der Waals surface area contributed by atoms with Crippen molar-refractivity contribution in [3.8, 4) is 11.8 Å². The van der Waals surface area contributed by atoms with E-state index in [1.165, 1.54) is 23.0 Å². The lowest BCUT2D eigenvalue weighted by Crippen LogP contribution is -2.27. The molecule has 33 heavy (non-hydrogen) atoms. The maximum Gasteiger partial charge on any atom is 0.271 e. The van der Waals surface area contributed by atoms with E-state index < -0.39 is 17.5 Å². The normalized spacial score (nSPS) is 12.3. The van der Waals surface area contributed by atoms with Gasteiger partial charge in [-0.05, 0) is 30.5 Å². The van der Waals surface area contributed by atoms with Crippen LogP contribution in [-0.2, 0) is 5.92 Å². The zero-order valence-electron chi connectivity index (χ0n) is 17.9. The molecule has 7 nitrogen and oxygen atoms in total. The number of rotatable bonds is 5. The third kappa shape index (κ3) is 3.99. The molecule has 0 bridgehead atoms. The van der Waals surface area contributed by atoms with Gasteiger partial charge < -0.3 is 11.1 Å². The second-order valence-electron chi connectivity index (χ2n) is 7.66. The van der Waals surface area contributed by atoms with E-state index in [0.29, 0.717) is 16.8 Å². The molecule has 2 aromatic carbocycles. The highest BCUT2D eigenvalue weighted by molar-refractivity contribution is 5.86. The van der Waals surface area contributed by atoms with E-state index >= 15 is 0 Å². The van der Waals surface area contributed by atoms with Crippen LogP contribution in [0.15, 0.2) is 65.7 Å². The first-order valence-electron chi connectivity index (χ1n) is 10.1. The van der Waals surface area contributed by atoms with Gasteiger partial charge in [-0.25, -0.2) is 18.7 Å². The van der Waals surface area contributed by atoms with Crippen molar-refractivity contribution < 1.29 is 8.78 Å². The summed E-state index contributed by atoms with van der Waals surface area (Å²) in [6, 6.07) is 16.3. The van der Waals surface area contributed by atoms with Crippen molar-refractivity contribution in [1.29, 1.82) is 5.26 Å². The summed E-state index contributed by atoms with van der Waals surface area (Å²) in [5.41, 5.74) is 5.97. The summed E-state index contributed by atoms with van der Waals surface area (Å²) >= 11 is 0. The first-order valence-corrected chi connectivity index (χ1v) is 10.1. The number of alkyl halides is 2. The Hall–Kier alpha value is -4.32. The van der Waals surface area contributed by atoms with E-state index in [0.717, 1.165) is 6.92 Å². The van der Waals surface area contributed by atoms with Crippen LogP contribution in [0.5, 0.6) is 0 Å². The molecular weight excluding hydrogens is 426 g/mol. The lowest BCUT2D eigenvalue weighted by atomic mass is 9.99. The van der Waals surface area contributed by atoms with Gasteiger partial charge in [0.15, 0.2) is 0 Å². The van der Waals surface area contributed by atoms with Gasteiger partial charge in [0.25, 0.3) is 11.5 Å². The number of nitrogens with one attached hydrogen (secondary N) is 1. The molecule has 2 heterocycles. The standard InChI is InChI=1S/C24H20F2N6O/c1-14(31-22-17(12-27)21(28)29-13-30-22)19-11-15-7-6-10-18(24(2,25)26)20(15)23(33)32(19)16-8-4-3-5-9-16/h3-11,13-14H,1-2H3,(H3,28,29,30,31)/t14-/m0/s1. The number of hydrogen-bond donors (Lipinski definition) is 2. The maximum absolute atomic E-state index is 14.3. The molecular formula is C24H20F2N6O. The monoisotopic (exact) mass is 446 g/mol. The summed E-state index contributed by atoms with van der Waals surface area (Å²) in [5, 5.41) is 12.9. The number of nitriles is 1. The first-order chi connectivity index (χ1) is 15.7. The molecule has 0 aliphatic heterocycles. The summed E-state index contributed by atoms with van der Waals surface area (Å²) in [6.07, 6.45) is 1.23. The van der Waals surface area contributed by atoms with E-state index in [9.17, 15) is 18.8 Å². The zero-order chi connectivity index (χ0) is 23.8. The van der Waals surface area contributed by atoms with Gasteiger partial charge in [-0.2, -0.15) is 5.26 Å². The quantitative estimate of drug-likeness (QED) is 0.467. The maximum atomic E-state index is 14.3. The Balaban J connectivity index is 1.98. The molecule has 9 heteroatoms. The molecule has 0 spiro atoms. The van der Waals surface area contributed by atoms with Gasteiger partial charge >= 0.3 is 0 Å². The van der Waals surface area contributed by atoms with E-state index in [2.05, 4.69) is 15.3 Å². The second-order valence-corrected chi connectivity index (χ2v) is 7.66. The van der Waals surface area contributed by atoms with Gasteiger partial charge in [0.2, 0.25) is 0 Å². The van der Waals surface area contributed by atoms with Crippen molar-refractivity contribution >= 4 is 22.4 Å². The van der Waals surface area contributed by atoms with Gasteiger partial charge in [0.1, 0.15) is 29.6 Å². The first kappa shape index (κ1) is 21.9.